The molecule has 2 aromatic carbocycles. The Morgan fingerprint density at radius 1 is 1.03 bits per heavy atom. The van der Waals surface area contributed by atoms with E-state index in [9.17, 15) is 4.39 Å². The topological polar surface area (TPSA) is 99.7 Å². The van der Waals surface area contributed by atoms with Crippen LogP contribution in [0, 0.1) is 5.82 Å². The van der Waals surface area contributed by atoms with Gasteiger partial charge in [-0.15, -0.1) is 10.2 Å². The standard InChI is InChI=1S/C21H23ClFN3O4S/c1-3-28-17-6-5-12(7-19(17)29-4-2)20-25-26-21(31-20)14-8-16(23)18(9-15(14)22)30-11-13(24)10-27/h5-9,13,27H,3-4,10-11,24H2,1-2H3/t13-/m1/s1. The van der Waals surface area contributed by atoms with Crippen molar-refractivity contribution < 1.29 is 23.7 Å². The van der Waals surface area contributed by atoms with Crippen LogP contribution in [0.2, 0.25) is 5.02 Å². The van der Waals surface area contributed by atoms with Crippen LogP contribution in [0.25, 0.3) is 21.1 Å². The van der Waals surface area contributed by atoms with Crippen LogP contribution in [0.3, 0.4) is 0 Å². The van der Waals surface area contributed by atoms with Crippen LogP contribution in [0.4, 0.5) is 4.39 Å². The number of nitrogens with zero attached hydrogens (tertiary/aromatic N) is 2. The maximum atomic E-state index is 14.5. The van der Waals surface area contributed by atoms with Crippen molar-refractivity contribution in [1.29, 1.82) is 0 Å². The molecule has 7 nitrogen and oxygen atoms in total. The van der Waals surface area contributed by atoms with Crippen LogP contribution in [0.15, 0.2) is 30.3 Å². The second-order valence-electron chi connectivity index (χ2n) is 6.46. The number of halogens is 2. The fourth-order valence-electron chi connectivity index (χ4n) is 2.69. The SMILES string of the molecule is CCOc1ccc(-c2nnc(-c3cc(F)c(OC[C@H](N)CO)cc3Cl)s2)cc1OCC. The third-order valence-electron chi connectivity index (χ3n) is 4.15. The van der Waals surface area contributed by atoms with Crippen LogP contribution in [-0.4, -0.2) is 47.8 Å². The number of nitrogens with two attached hydrogens (primary N) is 1. The summed E-state index contributed by atoms with van der Waals surface area (Å²) >= 11 is 7.61. The first kappa shape index (κ1) is 23.2. The van der Waals surface area contributed by atoms with Crippen LogP contribution < -0.4 is 19.9 Å². The third kappa shape index (κ3) is 5.62. The largest absolute Gasteiger partial charge is 0.490 e. The van der Waals surface area contributed by atoms with Crippen molar-refractivity contribution in [1.82, 2.24) is 10.2 Å². The number of hydrogen-bond acceptors (Lipinski definition) is 8. The predicted octanol–water partition coefficient (Wildman–Crippen LogP) is 4.16. The fraction of sp³-hybridized carbons (Fsp3) is 0.333. The first-order valence-electron chi connectivity index (χ1n) is 9.68. The van der Waals surface area contributed by atoms with Crippen molar-refractivity contribution in [3.8, 4) is 38.4 Å². The van der Waals surface area contributed by atoms with Gasteiger partial charge in [-0.1, -0.05) is 22.9 Å². The maximum absolute atomic E-state index is 14.5. The Kier molecular flexibility index (Phi) is 8.03. The molecular weight excluding hydrogens is 445 g/mol. The number of ether oxygens (including phenoxy) is 3. The highest BCUT2D eigenvalue weighted by atomic mass is 35.5. The van der Waals surface area contributed by atoms with E-state index in [1.807, 2.05) is 32.0 Å². The molecule has 3 rings (SSSR count). The number of rotatable bonds is 10. The molecule has 0 spiro atoms. The molecular formula is C21H23ClFN3O4S. The van der Waals surface area contributed by atoms with E-state index in [0.29, 0.717) is 40.3 Å². The number of hydrogen-bond donors (Lipinski definition) is 2. The summed E-state index contributed by atoms with van der Waals surface area (Å²) in [5.41, 5.74) is 6.78. The highest BCUT2D eigenvalue weighted by molar-refractivity contribution is 7.18. The number of benzene rings is 2. The summed E-state index contributed by atoms with van der Waals surface area (Å²) in [6.07, 6.45) is 0. The summed E-state index contributed by atoms with van der Waals surface area (Å²) in [6.45, 7) is 4.52. The molecule has 31 heavy (non-hydrogen) atoms. The Labute approximate surface area is 188 Å². The Balaban J connectivity index is 1.87. The molecule has 0 bridgehead atoms. The van der Waals surface area contributed by atoms with Gasteiger partial charge in [0, 0.05) is 17.2 Å². The minimum absolute atomic E-state index is 0.0358. The van der Waals surface area contributed by atoms with Crippen molar-refractivity contribution in [2.75, 3.05) is 26.4 Å². The second-order valence-corrected chi connectivity index (χ2v) is 7.84. The minimum Gasteiger partial charge on any atom is -0.490 e. The van der Waals surface area contributed by atoms with E-state index in [4.69, 9.17) is 36.7 Å². The van der Waals surface area contributed by atoms with Crippen LogP contribution in [0.5, 0.6) is 17.2 Å². The Morgan fingerprint density at radius 2 is 1.74 bits per heavy atom. The summed E-state index contributed by atoms with van der Waals surface area (Å²) in [7, 11) is 0. The highest BCUT2D eigenvalue weighted by Crippen LogP contribution is 2.39. The molecule has 0 amide bonds. The molecule has 0 fully saturated rings. The lowest BCUT2D eigenvalue weighted by molar-refractivity contribution is 0.202. The summed E-state index contributed by atoms with van der Waals surface area (Å²) in [5, 5.41) is 18.7. The van der Waals surface area contributed by atoms with Crippen molar-refractivity contribution >= 4 is 22.9 Å². The van der Waals surface area contributed by atoms with E-state index in [1.54, 1.807) is 0 Å². The highest BCUT2D eigenvalue weighted by Gasteiger charge is 2.17. The zero-order valence-corrected chi connectivity index (χ0v) is 18.7. The monoisotopic (exact) mass is 467 g/mol. The van der Waals surface area contributed by atoms with Gasteiger partial charge in [-0.25, -0.2) is 4.39 Å². The fourth-order valence-corrected chi connectivity index (χ4v) is 3.85. The zero-order chi connectivity index (χ0) is 22.4. The first-order chi connectivity index (χ1) is 15.0. The van der Waals surface area contributed by atoms with Gasteiger partial charge >= 0.3 is 0 Å². The second kappa shape index (κ2) is 10.7. The van der Waals surface area contributed by atoms with Crippen molar-refractivity contribution in [2.45, 2.75) is 19.9 Å². The van der Waals surface area contributed by atoms with Crippen molar-refractivity contribution in [3.05, 3.63) is 41.2 Å². The summed E-state index contributed by atoms with van der Waals surface area (Å²) in [6, 6.07) is 7.52. The summed E-state index contributed by atoms with van der Waals surface area (Å²) in [5.74, 6) is 0.612. The molecule has 166 valence electrons. The Hall–Kier alpha value is -2.46. The van der Waals surface area contributed by atoms with Gasteiger partial charge in [0.15, 0.2) is 23.1 Å². The van der Waals surface area contributed by atoms with E-state index >= 15 is 0 Å². The molecule has 10 heteroatoms. The quantitative estimate of drug-likeness (QED) is 0.461. The van der Waals surface area contributed by atoms with Gasteiger partial charge in [0.05, 0.1) is 30.9 Å². The summed E-state index contributed by atoms with van der Waals surface area (Å²) < 4.78 is 31.0. The van der Waals surface area contributed by atoms with E-state index in [2.05, 4.69) is 10.2 Å². The van der Waals surface area contributed by atoms with E-state index in [-0.39, 0.29) is 24.0 Å². The van der Waals surface area contributed by atoms with Gasteiger partial charge < -0.3 is 25.1 Å². The molecule has 0 aliphatic heterocycles. The first-order valence-corrected chi connectivity index (χ1v) is 10.9. The summed E-state index contributed by atoms with van der Waals surface area (Å²) in [4.78, 5) is 0. The van der Waals surface area contributed by atoms with Crippen LogP contribution in [-0.2, 0) is 0 Å². The molecule has 1 atom stereocenters. The third-order valence-corrected chi connectivity index (χ3v) is 5.47. The smallest absolute Gasteiger partial charge is 0.165 e. The van der Waals surface area contributed by atoms with Gasteiger partial charge in [0.25, 0.3) is 0 Å². The molecule has 0 aliphatic carbocycles. The van der Waals surface area contributed by atoms with Gasteiger partial charge in [0.1, 0.15) is 16.6 Å². The molecule has 3 aromatic rings. The predicted molar refractivity (Wildman–Crippen MR) is 119 cm³/mol. The minimum atomic E-state index is -0.612. The zero-order valence-electron chi connectivity index (χ0n) is 17.1. The molecule has 1 aromatic heterocycles. The maximum Gasteiger partial charge on any atom is 0.165 e. The molecule has 0 radical (unpaired) electrons. The van der Waals surface area contributed by atoms with Gasteiger partial charge in [0.2, 0.25) is 0 Å². The lowest BCUT2D eigenvalue weighted by Crippen LogP contribution is -2.31. The van der Waals surface area contributed by atoms with Crippen molar-refractivity contribution in [2.24, 2.45) is 5.73 Å². The van der Waals surface area contributed by atoms with Gasteiger partial charge in [-0.05, 0) is 38.1 Å². The van der Waals surface area contributed by atoms with Crippen LogP contribution in [0.1, 0.15) is 13.8 Å². The number of aliphatic hydroxyl groups is 1. The molecule has 0 unspecified atom stereocenters. The van der Waals surface area contributed by atoms with Crippen LogP contribution >= 0.6 is 22.9 Å². The van der Waals surface area contributed by atoms with E-state index in [0.717, 1.165) is 5.56 Å². The lowest BCUT2D eigenvalue weighted by Gasteiger charge is -2.12. The van der Waals surface area contributed by atoms with Gasteiger partial charge in [-0.3, -0.25) is 0 Å². The molecule has 0 aliphatic rings. The number of aromatic nitrogens is 2. The Bertz CT molecular complexity index is 1030. The average Bonchev–Trinajstić information content (AvgIpc) is 3.25. The van der Waals surface area contributed by atoms with E-state index < -0.39 is 11.9 Å². The van der Waals surface area contributed by atoms with Crippen molar-refractivity contribution in [3.63, 3.8) is 0 Å². The van der Waals surface area contributed by atoms with Gasteiger partial charge in [-0.2, -0.15) is 0 Å². The Morgan fingerprint density at radius 3 is 2.45 bits per heavy atom. The lowest BCUT2D eigenvalue weighted by atomic mass is 10.2. The average molecular weight is 468 g/mol. The number of aliphatic hydroxyl groups excluding tert-OH is 1. The molecule has 0 saturated carbocycles. The van der Waals surface area contributed by atoms with E-state index in [1.165, 1.54) is 23.5 Å². The molecule has 3 N–H and O–H groups in total. The molecule has 0 saturated heterocycles. The normalized spacial score (nSPS) is 11.9. The molecule has 1 heterocycles.